The quantitative estimate of drug-likeness (QED) is 0.676. The monoisotopic (exact) mass is 285 g/mol. The van der Waals surface area contributed by atoms with E-state index in [1.54, 1.807) is 4.90 Å². The molecular weight excluding hydrogens is 262 g/mol. The summed E-state index contributed by atoms with van der Waals surface area (Å²) >= 11 is 0. The minimum absolute atomic E-state index is 0.0494. The number of nitrogens with zero attached hydrogens (tertiary/aromatic N) is 1. The molecule has 2 saturated heterocycles. The van der Waals surface area contributed by atoms with Gasteiger partial charge < -0.3 is 25.0 Å². The van der Waals surface area contributed by atoms with Crippen molar-refractivity contribution in [2.45, 2.75) is 32.1 Å². The van der Waals surface area contributed by atoms with Crippen LogP contribution in [0, 0.1) is 0 Å². The highest BCUT2D eigenvalue weighted by molar-refractivity contribution is 5.82. The molecule has 7 nitrogen and oxygen atoms in total. The molecule has 0 aromatic heterocycles. The molecule has 2 heterocycles. The van der Waals surface area contributed by atoms with E-state index in [2.05, 4.69) is 10.6 Å². The van der Waals surface area contributed by atoms with Gasteiger partial charge in [0.15, 0.2) is 0 Å². The van der Waals surface area contributed by atoms with Crippen LogP contribution < -0.4 is 10.6 Å². The summed E-state index contributed by atoms with van der Waals surface area (Å²) in [6, 6.07) is -0.289. The summed E-state index contributed by atoms with van der Waals surface area (Å²) in [4.78, 5) is 25.2. The molecule has 2 fully saturated rings. The number of hydrogen-bond acceptors (Lipinski definition) is 5. The van der Waals surface area contributed by atoms with E-state index in [-0.39, 0.29) is 30.1 Å². The number of rotatable bonds is 3. The summed E-state index contributed by atoms with van der Waals surface area (Å²) in [7, 11) is 0. The fourth-order valence-corrected chi connectivity index (χ4v) is 2.51. The van der Waals surface area contributed by atoms with Crippen LogP contribution in [0.25, 0.3) is 0 Å². The lowest BCUT2D eigenvalue weighted by Crippen LogP contribution is -2.59. The zero-order valence-electron chi connectivity index (χ0n) is 12.1. The van der Waals surface area contributed by atoms with E-state index in [0.29, 0.717) is 39.4 Å². The molecule has 0 bridgehead atoms. The summed E-state index contributed by atoms with van der Waals surface area (Å²) in [5, 5.41) is 5.93. The van der Waals surface area contributed by atoms with E-state index >= 15 is 0 Å². The van der Waals surface area contributed by atoms with Crippen LogP contribution in [0.5, 0.6) is 0 Å². The van der Waals surface area contributed by atoms with Gasteiger partial charge in [-0.15, -0.1) is 0 Å². The van der Waals surface area contributed by atoms with Crippen LogP contribution in [0.2, 0.25) is 0 Å². The van der Waals surface area contributed by atoms with Crippen molar-refractivity contribution in [1.29, 1.82) is 0 Å². The van der Waals surface area contributed by atoms with Crippen LogP contribution in [-0.4, -0.2) is 74.4 Å². The molecule has 2 aliphatic rings. The molecule has 20 heavy (non-hydrogen) atoms. The second kappa shape index (κ2) is 7.01. The predicted molar refractivity (Wildman–Crippen MR) is 72.2 cm³/mol. The lowest BCUT2D eigenvalue weighted by atomic mass is 10.1. The molecule has 2 aliphatic heterocycles. The zero-order valence-corrected chi connectivity index (χ0v) is 12.1. The van der Waals surface area contributed by atoms with Crippen LogP contribution in [-0.2, 0) is 19.1 Å². The first-order chi connectivity index (χ1) is 9.58. The fourth-order valence-electron chi connectivity index (χ4n) is 2.51. The van der Waals surface area contributed by atoms with Crippen molar-refractivity contribution in [1.82, 2.24) is 15.5 Å². The third-order valence-corrected chi connectivity index (χ3v) is 3.61. The third kappa shape index (κ3) is 3.91. The summed E-state index contributed by atoms with van der Waals surface area (Å²) < 4.78 is 11.1. The van der Waals surface area contributed by atoms with Gasteiger partial charge >= 0.3 is 0 Å². The highest BCUT2D eigenvalue weighted by atomic mass is 16.5. The molecule has 2 amide bonds. The second-order valence-electron chi connectivity index (χ2n) is 5.22. The zero-order chi connectivity index (χ0) is 14.5. The topological polar surface area (TPSA) is 79.9 Å². The SMILES string of the molecule is CC(=O)NCC1CN(C(=O)[C@H]2NCCO[C@@H]2C)CCO1. The molecule has 1 unspecified atom stereocenters. The molecule has 0 radical (unpaired) electrons. The van der Waals surface area contributed by atoms with Gasteiger partial charge in [0, 0.05) is 33.1 Å². The Labute approximate surface area is 119 Å². The maximum absolute atomic E-state index is 12.5. The van der Waals surface area contributed by atoms with E-state index in [0.717, 1.165) is 0 Å². The van der Waals surface area contributed by atoms with Gasteiger partial charge in [0.25, 0.3) is 0 Å². The van der Waals surface area contributed by atoms with Crippen molar-refractivity contribution in [3.8, 4) is 0 Å². The first-order valence-electron chi connectivity index (χ1n) is 7.07. The smallest absolute Gasteiger partial charge is 0.242 e. The highest BCUT2D eigenvalue weighted by Gasteiger charge is 2.34. The normalized spacial score (nSPS) is 30.9. The number of carbonyl (C=O) groups is 2. The lowest BCUT2D eigenvalue weighted by molar-refractivity contribution is -0.146. The van der Waals surface area contributed by atoms with Gasteiger partial charge in [-0.1, -0.05) is 0 Å². The summed E-state index contributed by atoms with van der Waals surface area (Å²) in [5.41, 5.74) is 0. The Balaban J connectivity index is 1.87. The van der Waals surface area contributed by atoms with Gasteiger partial charge in [-0.2, -0.15) is 0 Å². The van der Waals surface area contributed by atoms with Crippen molar-refractivity contribution >= 4 is 11.8 Å². The predicted octanol–water partition coefficient (Wildman–Crippen LogP) is -1.27. The summed E-state index contributed by atoms with van der Waals surface area (Å²) in [6.07, 6.45) is -0.260. The number of carbonyl (C=O) groups excluding carboxylic acids is 2. The lowest BCUT2D eigenvalue weighted by Gasteiger charge is -2.38. The van der Waals surface area contributed by atoms with Crippen LogP contribution in [0.3, 0.4) is 0 Å². The molecule has 7 heteroatoms. The van der Waals surface area contributed by atoms with Crippen molar-refractivity contribution < 1.29 is 19.1 Å². The molecule has 3 atom stereocenters. The Morgan fingerprint density at radius 3 is 2.85 bits per heavy atom. The van der Waals surface area contributed by atoms with Crippen molar-refractivity contribution in [3.05, 3.63) is 0 Å². The van der Waals surface area contributed by atoms with Crippen molar-refractivity contribution in [3.63, 3.8) is 0 Å². The molecule has 2 rings (SSSR count). The Morgan fingerprint density at radius 1 is 1.35 bits per heavy atom. The minimum Gasteiger partial charge on any atom is -0.375 e. The Kier molecular flexibility index (Phi) is 5.33. The van der Waals surface area contributed by atoms with Crippen molar-refractivity contribution in [2.24, 2.45) is 0 Å². The van der Waals surface area contributed by atoms with E-state index in [1.165, 1.54) is 6.92 Å². The van der Waals surface area contributed by atoms with Crippen molar-refractivity contribution in [2.75, 3.05) is 39.4 Å². The van der Waals surface area contributed by atoms with E-state index in [9.17, 15) is 9.59 Å². The molecule has 0 aromatic carbocycles. The molecule has 0 aliphatic carbocycles. The van der Waals surface area contributed by atoms with Crippen LogP contribution >= 0.6 is 0 Å². The molecule has 0 aromatic rings. The number of morpholine rings is 2. The minimum atomic E-state index is -0.289. The maximum atomic E-state index is 12.5. The Morgan fingerprint density at radius 2 is 2.15 bits per heavy atom. The van der Waals surface area contributed by atoms with Gasteiger partial charge in [-0.25, -0.2) is 0 Å². The van der Waals surface area contributed by atoms with Gasteiger partial charge in [0.05, 0.1) is 25.4 Å². The molecule has 0 saturated carbocycles. The van der Waals surface area contributed by atoms with E-state index in [1.807, 2.05) is 6.92 Å². The molecule has 114 valence electrons. The van der Waals surface area contributed by atoms with Crippen LogP contribution in [0.4, 0.5) is 0 Å². The van der Waals surface area contributed by atoms with Gasteiger partial charge in [-0.3, -0.25) is 9.59 Å². The van der Waals surface area contributed by atoms with Gasteiger partial charge in [0.1, 0.15) is 6.04 Å². The molecular formula is C13H23N3O4. The Bertz CT molecular complexity index is 364. The van der Waals surface area contributed by atoms with Gasteiger partial charge in [0.2, 0.25) is 11.8 Å². The van der Waals surface area contributed by atoms with Gasteiger partial charge in [-0.05, 0) is 6.92 Å². The fraction of sp³-hybridized carbons (Fsp3) is 0.846. The second-order valence-corrected chi connectivity index (χ2v) is 5.22. The maximum Gasteiger partial charge on any atom is 0.242 e. The van der Waals surface area contributed by atoms with E-state index in [4.69, 9.17) is 9.47 Å². The standard InChI is InChI=1S/C13H23N3O4/c1-9-12(14-3-5-19-9)13(18)16-4-6-20-11(8-16)7-15-10(2)17/h9,11-12,14H,3-8H2,1-2H3,(H,15,17)/t9-,11?,12+/m1/s1. The first kappa shape index (κ1) is 15.2. The summed E-state index contributed by atoms with van der Waals surface area (Å²) in [5.74, 6) is -0.0404. The van der Waals surface area contributed by atoms with E-state index < -0.39 is 0 Å². The average molecular weight is 285 g/mol. The van der Waals surface area contributed by atoms with Crippen LogP contribution in [0.1, 0.15) is 13.8 Å². The average Bonchev–Trinajstić information content (AvgIpc) is 2.45. The number of ether oxygens (including phenoxy) is 2. The number of amides is 2. The summed E-state index contributed by atoms with van der Waals surface area (Å²) in [6.45, 7) is 6.73. The Hall–Kier alpha value is -1.18. The number of hydrogen-bond donors (Lipinski definition) is 2. The molecule has 2 N–H and O–H groups in total. The highest BCUT2D eigenvalue weighted by Crippen LogP contribution is 2.11. The number of nitrogens with one attached hydrogen (secondary N) is 2. The third-order valence-electron chi connectivity index (χ3n) is 3.61. The van der Waals surface area contributed by atoms with Crippen LogP contribution in [0.15, 0.2) is 0 Å². The first-order valence-corrected chi connectivity index (χ1v) is 7.07. The largest absolute Gasteiger partial charge is 0.375 e. The molecule has 0 spiro atoms.